The summed E-state index contributed by atoms with van der Waals surface area (Å²) in [6.07, 6.45) is 4.81. The van der Waals surface area contributed by atoms with Gasteiger partial charge in [0.25, 0.3) is 5.91 Å². The maximum atomic E-state index is 12.4. The third kappa shape index (κ3) is 3.39. The molecule has 4 nitrogen and oxygen atoms in total. The largest absolute Gasteiger partial charge is 0.489 e. The Balaban J connectivity index is 2.06. The van der Waals surface area contributed by atoms with Gasteiger partial charge in [-0.3, -0.25) is 4.79 Å². The SMILES string of the molecule is C=CCOc1ccccc1C(=O)N[C@@H]1CCC[C@H]1OC. The Morgan fingerprint density at radius 2 is 2.25 bits per heavy atom. The first kappa shape index (κ1) is 14.6. The Morgan fingerprint density at radius 1 is 1.45 bits per heavy atom. The summed E-state index contributed by atoms with van der Waals surface area (Å²) >= 11 is 0. The molecule has 1 aromatic rings. The standard InChI is InChI=1S/C16H21NO3/c1-3-11-20-14-9-5-4-7-12(14)16(18)17-13-8-6-10-15(13)19-2/h3-5,7,9,13,15H,1,6,8,10-11H2,2H3,(H,17,18)/t13-,15-/m1/s1. The van der Waals surface area contributed by atoms with Crippen molar-refractivity contribution in [2.75, 3.05) is 13.7 Å². The second kappa shape index (κ2) is 7.10. The van der Waals surface area contributed by atoms with E-state index in [0.29, 0.717) is 17.9 Å². The fourth-order valence-corrected chi connectivity index (χ4v) is 2.55. The monoisotopic (exact) mass is 275 g/mol. The summed E-state index contributed by atoms with van der Waals surface area (Å²) in [5, 5.41) is 3.04. The number of ether oxygens (including phenoxy) is 2. The van der Waals surface area contributed by atoms with E-state index in [2.05, 4.69) is 11.9 Å². The molecule has 4 heteroatoms. The lowest BCUT2D eigenvalue weighted by Crippen LogP contribution is -2.40. The molecule has 0 aromatic heterocycles. The first-order chi connectivity index (χ1) is 9.76. The molecule has 0 heterocycles. The van der Waals surface area contributed by atoms with E-state index in [0.717, 1.165) is 19.3 Å². The number of carbonyl (C=O) groups excluding carboxylic acids is 1. The molecule has 20 heavy (non-hydrogen) atoms. The van der Waals surface area contributed by atoms with Gasteiger partial charge in [-0.1, -0.05) is 24.8 Å². The molecule has 0 spiro atoms. The maximum Gasteiger partial charge on any atom is 0.255 e. The molecule has 0 radical (unpaired) electrons. The number of rotatable bonds is 6. The number of para-hydroxylation sites is 1. The molecule has 0 bridgehead atoms. The summed E-state index contributed by atoms with van der Waals surface area (Å²) < 4.78 is 10.9. The summed E-state index contributed by atoms with van der Waals surface area (Å²) in [6.45, 7) is 4.00. The molecule has 1 saturated carbocycles. The molecular formula is C16H21NO3. The van der Waals surface area contributed by atoms with Gasteiger partial charge in [0.05, 0.1) is 17.7 Å². The zero-order valence-electron chi connectivity index (χ0n) is 11.8. The number of hydrogen-bond acceptors (Lipinski definition) is 3. The van der Waals surface area contributed by atoms with Crippen molar-refractivity contribution in [3.8, 4) is 5.75 Å². The van der Waals surface area contributed by atoms with Crippen LogP contribution in [0.2, 0.25) is 0 Å². The second-order valence-corrected chi connectivity index (χ2v) is 4.88. The fourth-order valence-electron chi connectivity index (χ4n) is 2.55. The topological polar surface area (TPSA) is 47.6 Å². The van der Waals surface area contributed by atoms with E-state index < -0.39 is 0 Å². The van der Waals surface area contributed by atoms with Gasteiger partial charge in [0.1, 0.15) is 12.4 Å². The highest BCUT2D eigenvalue weighted by Gasteiger charge is 2.29. The molecule has 1 amide bonds. The molecule has 0 unspecified atom stereocenters. The molecule has 108 valence electrons. The summed E-state index contributed by atoms with van der Waals surface area (Å²) in [4.78, 5) is 12.4. The van der Waals surface area contributed by atoms with E-state index in [1.165, 1.54) is 0 Å². The van der Waals surface area contributed by atoms with Crippen LogP contribution >= 0.6 is 0 Å². The Kier molecular flexibility index (Phi) is 5.18. The summed E-state index contributed by atoms with van der Waals surface area (Å²) in [7, 11) is 1.69. The molecule has 2 rings (SSSR count). The minimum atomic E-state index is -0.112. The van der Waals surface area contributed by atoms with Crippen LogP contribution in [0.4, 0.5) is 0 Å². The number of amides is 1. The van der Waals surface area contributed by atoms with Crippen molar-refractivity contribution in [2.45, 2.75) is 31.4 Å². The molecule has 1 aliphatic rings. The summed E-state index contributed by atoms with van der Waals surface area (Å²) in [5.74, 6) is 0.468. The van der Waals surface area contributed by atoms with Gasteiger partial charge in [0.2, 0.25) is 0 Å². The van der Waals surface area contributed by atoms with Crippen LogP contribution in [0, 0.1) is 0 Å². The van der Waals surface area contributed by atoms with E-state index in [1.807, 2.05) is 12.1 Å². The molecule has 1 aromatic carbocycles. The smallest absolute Gasteiger partial charge is 0.255 e. The lowest BCUT2D eigenvalue weighted by Gasteiger charge is -2.20. The zero-order chi connectivity index (χ0) is 14.4. The van der Waals surface area contributed by atoms with Crippen molar-refractivity contribution in [3.63, 3.8) is 0 Å². The van der Waals surface area contributed by atoms with Crippen LogP contribution in [0.25, 0.3) is 0 Å². The number of carbonyl (C=O) groups is 1. The molecule has 1 aliphatic carbocycles. The Hall–Kier alpha value is -1.81. The van der Waals surface area contributed by atoms with Crippen molar-refractivity contribution >= 4 is 5.91 Å². The molecule has 2 atom stereocenters. The molecule has 1 N–H and O–H groups in total. The van der Waals surface area contributed by atoms with Gasteiger partial charge >= 0.3 is 0 Å². The highest BCUT2D eigenvalue weighted by molar-refractivity contribution is 5.97. The number of benzene rings is 1. The highest BCUT2D eigenvalue weighted by atomic mass is 16.5. The first-order valence-corrected chi connectivity index (χ1v) is 6.92. The zero-order valence-corrected chi connectivity index (χ0v) is 11.8. The van der Waals surface area contributed by atoms with E-state index in [9.17, 15) is 4.79 Å². The summed E-state index contributed by atoms with van der Waals surface area (Å²) in [5.41, 5.74) is 0.552. The van der Waals surface area contributed by atoms with Crippen LogP contribution < -0.4 is 10.1 Å². The van der Waals surface area contributed by atoms with Crippen molar-refractivity contribution in [1.82, 2.24) is 5.32 Å². The highest BCUT2D eigenvalue weighted by Crippen LogP contribution is 2.23. The quantitative estimate of drug-likeness (QED) is 0.812. The van der Waals surface area contributed by atoms with Crippen LogP contribution in [0.3, 0.4) is 0 Å². The van der Waals surface area contributed by atoms with Crippen LogP contribution in [0.5, 0.6) is 5.75 Å². The second-order valence-electron chi connectivity index (χ2n) is 4.88. The molecular weight excluding hydrogens is 254 g/mol. The average molecular weight is 275 g/mol. The van der Waals surface area contributed by atoms with Crippen LogP contribution in [-0.4, -0.2) is 31.8 Å². The van der Waals surface area contributed by atoms with Crippen molar-refractivity contribution in [2.24, 2.45) is 0 Å². The predicted octanol–water partition coefficient (Wildman–Crippen LogP) is 2.55. The van der Waals surface area contributed by atoms with Crippen molar-refractivity contribution in [3.05, 3.63) is 42.5 Å². The van der Waals surface area contributed by atoms with E-state index >= 15 is 0 Å². The Morgan fingerprint density at radius 3 is 3.00 bits per heavy atom. The van der Waals surface area contributed by atoms with E-state index in [-0.39, 0.29) is 18.1 Å². The van der Waals surface area contributed by atoms with Gasteiger partial charge in [-0.15, -0.1) is 0 Å². The van der Waals surface area contributed by atoms with E-state index in [4.69, 9.17) is 9.47 Å². The van der Waals surface area contributed by atoms with Gasteiger partial charge < -0.3 is 14.8 Å². The maximum absolute atomic E-state index is 12.4. The van der Waals surface area contributed by atoms with Crippen molar-refractivity contribution in [1.29, 1.82) is 0 Å². The lowest BCUT2D eigenvalue weighted by atomic mass is 10.1. The normalized spacial score (nSPS) is 21.4. The van der Waals surface area contributed by atoms with Gasteiger partial charge in [-0.05, 0) is 31.4 Å². The van der Waals surface area contributed by atoms with Crippen molar-refractivity contribution < 1.29 is 14.3 Å². The first-order valence-electron chi connectivity index (χ1n) is 6.92. The van der Waals surface area contributed by atoms with Gasteiger partial charge in [0.15, 0.2) is 0 Å². The molecule has 0 aliphatic heterocycles. The average Bonchev–Trinajstić information content (AvgIpc) is 2.92. The number of hydrogen-bond donors (Lipinski definition) is 1. The van der Waals surface area contributed by atoms with Gasteiger partial charge in [-0.25, -0.2) is 0 Å². The van der Waals surface area contributed by atoms with E-state index in [1.54, 1.807) is 25.3 Å². The van der Waals surface area contributed by atoms with Crippen LogP contribution in [-0.2, 0) is 4.74 Å². The fraction of sp³-hybridized carbons (Fsp3) is 0.438. The van der Waals surface area contributed by atoms with Crippen LogP contribution in [0.15, 0.2) is 36.9 Å². The number of nitrogens with one attached hydrogen (secondary N) is 1. The minimum Gasteiger partial charge on any atom is -0.489 e. The van der Waals surface area contributed by atoms with Crippen LogP contribution in [0.1, 0.15) is 29.6 Å². The van der Waals surface area contributed by atoms with Gasteiger partial charge in [-0.2, -0.15) is 0 Å². The molecule has 1 fully saturated rings. The Bertz CT molecular complexity index is 473. The third-order valence-corrected chi connectivity index (χ3v) is 3.56. The molecule has 0 saturated heterocycles. The number of methoxy groups -OCH3 is 1. The predicted molar refractivity (Wildman–Crippen MR) is 78.0 cm³/mol. The minimum absolute atomic E-state index is 0.0833. The third-order valence-electron chi connectivity index (χ3n) is 3.56. The summed E-state index contributed by atoms with van der Waals surface area (Å²) in [6, 6.07) is 7.33. The van der Waals surface area contributed by atoms with Gasteiger partial charge in [0, 0.05) is 7.11 Å². The lowest BCUT2D eigenvalue weighted by molar-refractivity contribution is 0.0720. The Labute approximate surface area is 119 Å².